The molecule has 0 radical (unpaired) electrons. The molecule has 1 aromatic rings. The highest BCUT2D eigenvalue weighted by Crippen LogP contribution is 2.36. The number of benzene rings is 1. The summed E-state index contributed by atoms with van der Waals surface area (Å²) in [7, 11) is 0.775. The predicted octanol–water partition coefficient (Wildman–Crippen LogP) is 2.62. The van der Waals surface area contributed by atoms with Crippen LogP contribution in [0.1, 0.15) is 48.5 Å². The number of alkyl carbamates (subject to hydrolysis) is 1. The Morgan fingerprint density at radius 1 is 1.08 bits per heavy atom. The van der Waals surface area contributed by atoms with Crippen LogP contribution in [0.3, 0.4) is 0 Å². The van der Waals surface area contributed by atoms with Crippen molar-refractivity contribution in [2.24, 2.45) is 0 Å². The van der Waals surface area contributed by atoms with E-state index in [1.54, 1.807) is 0 Å². The highest BCUT2D eigenvalue weighted by atomic mass is 16.6. The first-order chi connectivity index (χ1) is 11.3. The highest BCUT2D eigenvalue weighted by Gasteiger charge is 2.35. The van der Waals surface area contributed by atoms with Crippen molar-refractivity contribution in [2.45, 2.75) is 65.0 Å². The lowest BCUT2D eigenvalue weighted by Gasteiger charge is -2.36. The van der Waals surface area contributed by atoms with Crippen LogP contribution in [0.25, 0.3) is 0 Å². The summed E-state index contributed by atoms with van der Waals surface area (Å²) in [6, 6.07) is 7.82. The summed E-state index contributed by atoms with van der Waals surface area (Å²) in [6.45, 7) is 14.0. The molecule has 140 valence electrons. The van der Waals surface area contributed by atoms with E-state index in [4.69, 9.17) is 9.47 Å². The zero-order valence-corrected chi connectivity index (χ0v) is 16.6. The number of carbonyl (C=O) groups excluding carboxylic acids is 1. The van der Waals surface area contributed by atoms with E-state index in [-0.39, 0.29) is 5.31 Å². The molecule has 1 amide bonds. The van der Waals surface area contributed by atoms with Gasteiger partial charge in [0.15, 0.2) is 7.28 Å². The molecule has 1 aromatic carbocycles. The van der Waals surface area contributed by atoms with Gasteiger partial charge in [0.25, 0.3) is 0 Å². The third-order valence-electron chi connectivity index (χ3n) is 4.26. The van der Waals surface area contributed by atoms with Crippen molar-refractivity contribution in [3.05, 3.63) is 24.3 Å². The number of hydrogen-bond acceptors (Lipinski definition) is 4. The largest absolute Gasteiger partial charge is 0.492 e. The highest BCUT2D eigenvalue weighted by molar-refractivity contribution is 6.57. The van der Waals surface area contributed by atoms with E-state index in [1.807, 2.05) is 58.9 Å². The van der Waals surface area contributed by atoms with Crippen molar-refractivity contribution >= 4 is 18.8 Å². The van der Waals surface area contributed by atoms with Crippen LogP contribution in [0, 0.1) is 0 Å². The van der Waals surface area contributed by atoms with E-state index >= 15 is 0 Å². The molecule has 0 aliphatic carbocycles. The van der Waals surface area contributed by atoms with Crippen LogP contribution in [-0.2, 0) is 4.74 Å². The van der Waals surface area contributed by atoms with Gasteiger partial charge in [-0.05, 0) is 52.1 Å². The number of rotatable bonds is 7. The summed E-state index contributed by atoms with van der Waals surface area (Å²) < 4.78 is 10.8. The van der Waals surface area contributed by atoms with Crippen molar-refractivity contribution < 1.29 is 19.4 Å². The second-order valence-electron chi connectivity index (χ2n) is 8.54. The second kappa shape index (κ2) is 8.13. The molecule has 0 heterocycles. The van der Waals surface area contributed by atoms with E-state index < -0.39 is 17.3 Å². The van der Waals surface area contributed by atoms with Crippen LogP contribution in [0.2, 0.25) is 5.31 Å². The number of ether oxygens (including phenoxy) is 2. The zero-order chi connectivity index (χ0) is 19.3. The first-order valence-electron chi connectivity index (χ1n) is 8.71. The van der Waals surface area contributed by atoms with Crippen LogP contribution in [0.15, 0.2) is 24.3 Å². The van der Waals surface area contributed by atoms with Gasteiger partial charge in [-0.25, -0.2) is 4.79 Å². The molecule has 0 bridgehead atoms. The summed E-state index contributed by atoms with van der Waals surface area (Å²) in [4.78, 5) is 11.5. The Hall–Kier alpha value is -1.69. The van der Waals surface area contributed by atoms with Crippen molar-refractivity contribution in [1.29, 1.82) is 0 Å². The van der Waals surface area contributed by atoms with E-state index in [9.17, 15) is 9.90 Å². The smallest absolute Gasteiger partial charge is 0.407 e. The molecule has 0 saturated heterocycles. The molecule has 0 aliphatic heterocycles. The van der Waals surface area contributed by atoms with E-state index in [0.717, 1.165) is 18.5 Å². The number of aliphatic hydroxyl groups is 1. The van der Waals surface area contributed by atoms with Crippen molar-refractivity contribution in [3.63, 3.8) is 0 Å². The number of carbonyl (C=O) groups is 1. The minimum absolute atomic E-state index is 0.229. The molecule has 0 fully saturated rings. The normalized spacial score (nSPS) is 12.5. The molecule has 6 heteroatoms. The number of amides is 1. The lowest BCUT2D eigenvalue weighted by atomic mass is 9.45. The Morgan fingerprint density at radius 2 is 1.64 bits per heavy atom. The fourth-order valence-electron chi connectivity index (χ4n) is 2.07. The van der Waals surface area contributed by atoms with Gasteiger partial charge in [-0.2, -0.15) is 0 Å². The molecule has 0 saturated carbocycles. The van der Waals surface area contributed by atoms with Crippen LogP contribution >= 0.6 is 0 Å². The Kier molecular flexibility index (Phi) is 6.94. The van der Waals surface area contributed by atoms with Gasteiger partial charge < -0.3 is 19.9 Å². The summed E-state index contributed by atoms with van der Waals surface area (Å²) in [5.41, 5.74) is -0.112. The minimum Gasteiger partial charge on any atom is -0.492 e. The average Bonchev–Trinajstić information content (AvgIpc) is 2.42. The lowest BCUT2D eigenvalue weighted by Crippen LogP contribution is -2.41. The SMILES string of the molecule is CC(C)(C)OC(=O)NCCOc1ccc(BC(C)(C)C(C)(C)O)cc1. The van der Waals surface area contributed by atoms with Crippen LogP contribution in [0.5, 0.6) is 5.75 Å². The Labute approximate surface area is 152 Å². The van der Waals surface area contributed by atoms with Gasteiger partial charge in [0.2, 0.25) is 0 Å². The van der Waals surface area contributed by atoms with Gasteiger partial charge in [-0.15, -0.1) is 0 Å². The van der Waals surface area contributed by atoms with Crippen molar-refractivity contribution in [3.8, 4) is 5.75 Å². The maximum absolute atomic E-state index is 11.5. The first-order valence-corrected chi connectivity index (χ1v) is 8.71. The van der Waals surface area contributed by atoms with Crippen LogP contribution in [0.4, 0.5) is 4.79 Å². The average molecular weight is 349 g/mol. The minimum atomic E-state index is -0.754. The summed E-state index contributed by atoms with van der Waals surface area (Å²) in [6.07, 6.45) is -0.444. The third kappa shape index (κ3) is 7.82. The maximum Gasteiger partial charge on any atom is 0.407 e. The summed E-state index contributed by atoms with van der Waals surface area (Å²) >= 11 is 0. The molecule has 0 spiro atoms. The number of hydrogen-bond donors (Lipinski definition) is 2. The fourth-order valence-corrected chi connectivity index (χ4v) is 2.07. The Morgan fingerprint density at radius 3 is 2.12 bits per heavy atom. The molecule has 0 aliphatic rings. The monoisotopic (exact) mass is 349 g/mol. The second-order valence-corrected chi connectivity index (χ2v) is 8.54. The van der Waals surface area contributed by atoms with E-state index in [0.29, 0.717) is 13.2 Å². The fraction of sp³-hybridized carbons (Fsp3) is 0.632. The molecule has 0 aromatic heterocycles. The topological polar surface area (TPSA) is 67.8 Å². The molecule has 25 heavy (non-hydrogen) atoms. The van der Waals surface area contributed by atoms with E-state index in [2.05, 4.69) is 19.2 Å². The lowest BCUT2D eigenvalue weighted by molar-refractivity contribution is 0.0410. The van der Waals surface area contributed by atoms with Crippen molar-refractivity contribution in [1.82, 2.24) is 5.32 Å². The molecule has 0 atom stereocenters. The molecular weight excluding hydrogens is 317 g/mol. The maximum atomic E-state index is 11.5. The van der Waals surface area contributed by atoms with E-state index in [1.165, 1.54) is 0 Å². The summed E-state index contributed by atoms with van der Waals surface area (Å²) in [5.74, 6) is 0.746. The Balaban J connectivity index is 2.42. The molecule has 2 N–H and O–H groups in total. The standard InChI is InChI=1S/C19H32BNO4/c1-17(2,3)25-16(22)21-12-13-24-15-10-8-14(9-11-15)20-18(4,5)19(6,7)23/h8-11,20,23H,12-13H2,1-7H3,(H,21,22). The zero-order valence-electron chi connectivity index (χ0n) is 16.6. The summed E-state index contributed by atoms with van der Waals surface area (Å²) in [5, 5.41) is 12.7. The molecular formula is C19H32BNO4. The van der Waals surface area contributed by atoms with Gasteiger partial charge >= 0.3 is 6.09 Å². The van der Waals surface area contributed by atoms with Gasteiger partial charge in [0.1, 0.15) is 18.0 Å². The van der Waals surface area contributed by atoms with Crippen LogP contribution < -0.4 is 15.5 Å². The molecule has 5 nitrogen and oxygen atoms in total. The molecule has 0 unspecified atom stereocenters. The van der Waals surface area contributed by atoms with Gasteiger partial charge in [0.05, 0.1) is 12.1 Å². The third-order valence-corrected chi connectivity index (χ3v) is 4.26. The van der Waals surface area contributed by atoms with Gasteiger partial charge in [0, 0.05) is 0 Å². The first kappa shape index (κ1) is 21.4. The Bertz CT molecular complexity index is 556. The quantitative estimate of drug-likeness (QED) is 0.587. The number of nitrogens with one attached hydrogen (secondary N) is 1. The van der Waals surface area contributed by atoms with Gasteiger partial charge in [-0.3, -0.25) is 0 Å². The van der Waals surface area contributed by atoms with Crippen LogP contribution in [-0.4, -0.2) is 42.8 Å². The molecule has 1 rings (SSSR count). The van der Waals surface area contributed by atoms with Crippen molar-refractivity contribution in [2.75, 3.05) is 13.2 Å². The predicted molar refractivity (Wildman–Crippen MR) is 103 cm³/mol. The van der Waals surface area contributed by atoms with Gasteiger partial charge in [-0.1, -0.05) is 31.4 Å².